The molecule has 2 fully saturated rings. The van der Waals surface area contributed by atoms with Crippen molar-refractivity contribution in [1.82, 2.24) is 4.98 Å². The molecule has 0 aliphatic heterocycles. The lowest BCUT2D eigenvalue weighted by molar-refractivity contribution is 0.237. The summed E-state index contributed by atoms with van der Waals surface area (Å²) < 4.78 is 1.42. The van der Waals surface area contributed by atoms with Crippen LogP contribution in [0.25, 0.3) is 0 Å². The molecule has 0 aromatic carbocycles. The van der Waals surface area contributed by atoms with E-state index in [1.807, 2.05) is 6.20 Å². The Morgan fingerprint density at radius 3 is 2.75 bits per heavy atom. The highest BCUT2D eigenvalue weighted by Gasteiger charge is 2.37. The molecule has 0 bridgehead atoms. The van der Waals surface area contributed by atoms with Crippen molar-refractivity contribution in [2.24, 2.45) is 11.8 Å². The Morgan fingerprint density at radius 2 is 1.94 bits per heavy atom. The van der Waals surface area contributed by atoms with Gasteiger partial charge in [-0.3, -0.25) is 4.98 Å². The van der Waals surface area contributed by atoms with Crippen LogP contribution in [0.2, 0.25) is 0 Å². The summed E-state index contributed by atoms with van der Waals surface area (Å²) in [5.41, 5.74) is 1.53. The summed E-state index contributed by atoms with van der Waals surface area (Å²) in [7, 11) is 0. The highest BCUT2D eigenvalue weighted by Crippen LogP contribution is 2.50. The Kier molecular flexibility index (Phi) is 3.18. The lowest BCUT2D eigenvalue weighted by Gasteiger charge is -2.34. The van der Waals surface area contributed by atoms with Gasteiger partial charge < -0.3 is 0 Å². The average molecular weight is 327 g/mol. The molecule has 3 atom stereocenters. The molecule has 1 aromatic heterocycles. The van der Waals surface area contributed by atoms with E-state index in [-0.39, 0.29) is 0 Å². The Hall–Kier alpha value is -0.120. The van der Waals surface area contributed by atoms with Crippen LogP contribution in [0.3, 0.4) is 0 Å². The van der Waals surface area contributed by atoms with Crippen LogP contribution in [0.1, 0.15) is 50.0 Å². The summed E-state index contributed by atoms with van der Waals surface area (Å²) in [5, 5.41) is 0. The number of nitrogens with zero attached hydrogens (tertiary/aromatic N) is 1. The fourth-order valence-electron chi connectivity index (χ4n) is 3.82. The van der Waals surface area contributed by atoms with Gasteiger partial charge in [0.2, 0.25) is 0 Å². The molecule has 1 aromatic rings. The molecule has 3 rings (SSSR count). The molecular formula is C14H18IN. The summed E-state index contributed by atoms with van der Waals surface area (Å²) >= 11 is 2.48. The van der Waals surface area contributed by atoms with E-state index in [0.717, 1.165) is 17.8 Å². The van der Waals surface area contributed by atoms with Crippen LogP contribution in [-0.4, -0.2) is 4.98 Å². The van der Waals surface area contributed by atoms with E-state index in [1.165, 1.54) is 47.7 Å². The number of halogens is 1. The van der Waals surface area contributed by atoms with Gasteiger partial charge in [-0.15, -0.1) is 0 Å². The molecule has 0 amide bonds. The van der Waals surface area contributed by atoms with Crippen LogP contribution in [0.5, 0.6) is 0 Å². The number of rotatable bonds is 1. The minimum atomic E-state index is 0.807. The number of fused-ring (bicyclic) bond motifs is 1. The molecule has 2 heteroatoms. The Balaban J connectivity index is 1.91. The molecule has 86 valence electrons. The lowest BCUT2D eigenvalue weighted by Crippen LogP contribution is -2.23. The number of pyridine rings is 1. The number of hydrogen-bond donors (Lipinski definition) is 0. The summed E-state index contributed by atoms with van der Waals surface area (Å²) in [5.74, 6) is 2.79. The van der Waals surface area contributed by atoms with Crippen molar-refractivity contribution in [3.05, 3.63) is 27.6 Å². The largest absolute Gasteiger partial charge is 0.264 e. The summed E-state index contributed by atoms with van der Waals surface area (Å²) in [6, 6.07) is 2.16. The zero-order valence-corrected chi connectivity index (χ0v) is 11.7. The first-order chi connectivity index (χ1) is 7.86. The van der Waals surface area contributed by atoms with E-state index in [4.69, 9.17) is 0 Å². The second-order valence-corrected chi connectivity index (χ2v) is 6.45. The maximum atomic E-state index is 4.33. The highest BCUT2D eigenvalue weighted by atomic mass is 127. The molecule has 2 aliphatic rings. The van der Waals surface area contributed by atoms with E-state index in [0.29, 0.717) is 0 Å². The minimum absolute atomic E-state index is 0.807. The molecule has 0 N–H and O–H groups in total. The summed E-state index contributed by atoms with van der Waals surface area (Å²) in [6.07, 6.45) is 12.7. The summed E-state index contributed by atoms with van der Waals surface area (Å²) in [6.45, 7) is 0. The van der Waals surface area contributed by atoms with Gasteiger partial charge in [-0.05, 0) is 64.8 Å². The third-order valence-electron chi connectivity index (χ3n) is 4.52. The lowest BCUT2D eigenvalue weighted by atomic mass is 9.71. The summed E-state index contributed by atoms with van der Waals surface area (Å²) in [4.78, 5) is 4.33. The van der Waals surface area contributed by atoms with Crippen molar-refractivity contribution in [3.63, 3.8) is 0 Å². The van der Waals surface area contributed by atoms with E-state index >= 15 is 0 Å². The van der Waals surface area contributed by atoms with E-state index < -0.39 is 0 Å². The Bertz CT molecular complexity index is 377. The van der Waals surface area contributed by atoms with Crippen LogP contribution in [0.15, 0.2) is 18.5 Å². The zero-order chi connectivity index (χ0) is 11.0. The molecule has 3 unspecified atom stereocenters. The van der Waals surface area contributed by atoms with Gasteiger partial charge >= 0.3 is 0 Å². The number of aromatic nitrogens is 1. The normalized spacial score (nSPS) is 33.7. The Labute approximate surface area is 111 Å². The first kappa shape index (κ1) is 11.0. The minimum Gasteiger partial charge on any atom is -0.264 e. The van der Waals surface area contributed by atoms with Gasteiger partial charge in [0.15, 0.2) is 0 Å². The van der Waals surface area contributed by atoms with E-state index in [1.54, 1.807) is 0 Å². The second-order valence-electron chi connectivity index (χ2n) is 5.29. The molecular weight excluding hydrogens is 309 g/mol. The van der Waals surface area contributed by atoms with Gasteiger partial charge in [-0.2, -0.15) is 0 Å². The van der Waals surface area contributed by atoms with Crippen molar-refractivity contribution >= 4 is 22.6 Å². The quantitative estimate of drug-likeness (QED) is 0.698. The average Bonchev–Trinajstić information content (AvgIpc) is 2.77. The zero-order valence-electron chi connectivity index (χ0n) is 9.53. The van der Waals surface area contributed by atoms with Crippen LogP contribution in [0, 0.1) is 15.4 Å². The van der Waals surface area contributed by atoms with Crippen LogP contribution in [0.4, 0.5) is 0 Å². The smallest absolute Gasteiger partial charge is 0.0313 e. The predicted molar refractivity (Wildman–Crippen MR) is 74.4 cm³/mol. The monoisotopic (exact) mass is 327 g/mol. The van der Waals surface area contributed by atoms with Crippen molar-refractivity contribution in [2.75, 3.05) is 0 Å². The molecule has 2 aliphatic carbocycles. The topological polar surface area (TPSA) is 12.9 Å². The maximum Gasteiger partial charge on any atom is 0.0313 e. The third kappa shape index (κ3) is 1.89. The van der Waals surface area contributed by atoms with Crippen molar-refractivity contribution < 1.29 is 0 Å². The predicted octanol–water partition coefficient (Wildman–Crippen LogP) is 4.37. The second kappa shape index (κ2) is 4.63. The van der Waals surface area contributed by atoms with Crippen molar-refractivity contribution in [1.29, 1.82) is 0 Å². The molecule has 0 spiro atoms. The van der Waals surface area contributed by atoms with Gasteiger partial charge in [0.05, 0.1) is 0 Å². The fourth-order valence-corrected chi connectivity index (χ4v) is 4.52. The standard InChI is InChI=1S/C14H18IN/c15-14-7-8-16-9-13(14)12-6-2-4-10-3-1-5-11(10)12/h7-12H,1-6H2. The van der Waals surface area contributed by atoms with Gasteiger partial charge in [0.25, 0.3) is 0 Å². The van der Waals surface area contributed by atoms with Crippen LogP contribution >= 0.6 is 22.6 Å². The first-order valence-corrected chi connectivity index (χ1v) is 7.53. The van der Waals surface area contributed by atoms with Crippen molar-refractivity contribution in [2.45, 2.75) is 44.4 Å². The van der Waals surface area contributed by atoms with Gasteiger partial charge in [0, 0.05) is 16.0 Å². The van der Waals surface area contributed by atoms with Gasteiger partial charge in [-0.25, -0.2) is 0 Å². The van der Waals surface area contributed by atoms with Crippen LogP contribution in [-0.2, 0) is 0 Å². The van der Waals surface area contributed by atoms with Crippen LogP contribution < -0.4 is 0 Å². The highest BCUT2D eigenvalue weighted by molar-refractivity contribution is 14.1. The first-order valence-electron chi connectivity index (χ1n) is 6.45. The van der Waals surface area contributed by atoms with E-state index in [2.05, 4.69) is 39.8 Å². The SMILES string of the molecule is Ic1ccncc1C1CCCC2CCCC21. The Morgan fingerprint density at radius 1 is 1.12 bits per heavy atom. The number of hydrogen-bond acceptors (Lipinski definition) is 1. The fraction of sp³-hybridized carbons (Fsp3) is 0.643. The third-order valence-corrected chi connectivity index (χ3v) is 5.50. The van der Waals surface area contributed by atoms with Gasteiger partial charge in [0.1, 0.15) is 0 Å². The molecule has 16 heavy (non-hydrogen) atoms. The maximum absolute atomic E-state index is 4.33. The molecule has 1 heterocycles. The van der Waals surface area contributed by atoms with E-state index in [9.17, 15) is 0 Å². The van der Waals surface area contributed by atoms with Crippen molar-refractivity contribution in [3.8, 4) is 0 Å². The molecule has 1 nitrogen and oxygen atoms in total. The molecule has 2 saturated carbocycles. The van der Waals surface area contributed by atoms with Gasteiger partial charge in [-0.1, -0.05) is 25.7 Å². The molecule has 0 saturated heterocycles. The molecule has 0 radical (unpaired) electrons.